The molecule has 0 aromatic heterocycles. The number of hydrogen-bond acceptors (Lipinski definition) is 3. The van der Waals surface area contributed by atoms with Gasteiger partial charge in [-0.3, -0.25) is 0 Å². The molecular formula is C13H10Cl2FN3O3S. The third kappa shape index (κ3) is 4.55. The van der Waals surface area contributed by atoms with Crippen LogP contribution in [0.25, 0.3) is 0 Å². The lowest BCUT2D eigenvalue weighted by Crippen LogP contribution is -2.20. The maximum atomic E-state index is 13.8. The highest BCUT2D eigenvalue weighted by Crippen LogP contribution is 2.25. The van der Waals surface area contributed by atoms with Gasteiger partial charge in [0.25, 0.3) is 0 Å². The number of benzene rings is 2. The quantitative estimate of drug-likeness (QED) is 0.763. The molecule has 0 unspecified atom stereocenters. The standard InChI is InChI=1S/C13H10Cl2FN3O3S/c14-9-3-1-7(5-10(9)15)18-13(20)19-12-4-2-8(6-11(12)16)23(17,21)22/h1-6H,(H2,17,21,22)(H2,18,19,20). The number of hydrogen-bond donors (Lipinski definition) is 3. The summed E-state index contributed by atoms with van der Waals surface area (Å²) in [4.78, 5) is 11.4. The van der Waals surface area contributed by atoms with Crippen LogP contribution < -0.4 is 15.8 Å². The summed E-state index contributed by atoms with van der Waals surface area (Å²) in [6.07, 6.45) is 0. The third-order valence-corrected chi connectivity index (χ3v) is 4.34. The van der Waals surface area contributed by atoms with Crippen molar-refractivity contribution in [3.8, 4) is 0 Å². The molecule has 0 spiro atoms. The number of carbonyl (C=O) groups is 1. The molecule has 0 saturated heterocycles. The van der Waals surface area contributed by atoms with Crippen molar-refractivity contribution in [1.29, 1.82) is 0 Å². The number of sulfonamides is 1. The highest BCUT2D eigenvalue weighted by molar-refractivity contribution is 7.89. The van der Waals surface area contributed by atoms with E-state index in [4.69, 9.17) is 28.3 Å². The number of primary sulfonamides is 1. The highest BCUT2D eigenvalue weighted by atomic mass is 35.5. The second-order valence-electron chi connectivity index (χ2n) is 4.39. The van der Waals surface area contributed by atoms with E-state index in [1.54, 1.807) is 0 Å². The Morgan fingerprint density at radius 2 is 1.74 bits per heavy atom. The summed E-state index contributed by atoms with van der Waals surface area (Å²) in [5.74, 6) is -0.944. The average Bonchev–Trinajstić information content (AvgIpc) is 2.44. The largest absolute Gasteiger partial charge is 0.323 e. The number of anilines is 2. The molecule has 0 saturated carbocycles. The minimum Gasteiger partial charge on any atom is -0.308 e. The first-order chi connectivity index (χ1) is 10.7. The fourth-order valence-corrected chi connectivity index (χ4v) is 2.46. The van der Waals surface area contributed by atoms with Crippen molar-refractivity contribution in [3.63, 3.8) is 0 Å². The summed E-state index contributed by atoms with van der Waals surface area (Å²) in [7, 11) is -4.02. The van der Waals surface area contributed by atoms with Gasteiger partial charge in [0.15, 0.2) is 0 Å². The Labute approximate surface area is 141 Å². The van der Waals surface area contributed by atoms with Gasteiger partial charge >= 0.3 is 6.03 Å². The van der Waals surface area contributed by atoms with Crippen molar-refractivity contribution >= 4 is 50.6 Å². The molecule has 2 aromatic carbocycles. The summed E-state index contributed by atoms with van der Waals surface area (Å²) in [6.45, 7) is 0. The summed E-state index contributed by atoms with van der Waals surface area (Å²) < 4.78 is 36.0. The maximum absolute atomic E-state index is 13.8. The van der Waals surface area contributed by atoms with Crippen molar-refractivity contribution < 1.29 is 17.6 Å². The van der Waals surface area contributed by atoms with Crippen molar-refractivity contribution in [1.82, 2.24) is 0 Å². The second kappa shape index (κ2) is 6.71. The lowest BCUT2D eigenvalue weighted by atomic mass is 10.3. The van der Waals surface area contributed by atoms with E-state index in [1.165, 1.54) is 18.2 Å². The van der Waals surface area contributed by atoms with Crippen molar-refractivity contribution in [2.45, 2.75) is 4.90 Å². The van der Waals surface area contributed by atoms with E-state index in [-0.39, 0.29) is 10.7 Å². The van der Waals surface area contributed by atoms with E-state index < -0.39 is 26.8 Å². The predicted molar refractivity (Wildman–Crippen MR) is 86.9 cm³/mol. The zero-order valence-electron chi connectivity index (χ0n) is 11.3. The van der Waals surface area contributed by atoms with Crippen molar-refractivity contribution in [2.24, 2.45) is 5.14 Å². The molecule has 0 radical (unpaired) electrons. The Morgan fingerprint density at radius 1 is 1.04 bits per heavy atom. The van der Waals surface area contributed by atoms with Crippen LogP contribution in [0.5, 0.6) is 0 Å². The Balaban J connectivity index is 2.12. The van der Waals surface area contributed by atoms with Crippen molar-refractivity contribution in [3.05, 3.63) is 52.3 Å². The number of rotatable bonds is 3. The van der Waals surface area contributed by atoms with Gasteiger partial charge in [0.05, 0.1) is 20.6 Å². The van der Waals surface area contributed by atoms with E-state index >= 15 is 0 Å². The van der Waals surface area contributed by atoms with E-state index in [0.717, 1.165) is 12.1 Å². The molecule has 10 heteroatoms. The molecular weight excluding hydrogens is 368 g/mol. The number of carbonyl (C=O) groups excluding carboxylic acids is 1. The van der Waals surface area contributed by atoms with Crippen LogP contribution >= 0.6 is 23.2 Å². The Morgan fingerprint density at radius 3 is 2.30 bits per heavy atom. The van der Waals surface area contributed by atoms with Crippen LogP contribution in [0, 0.1) is 5.82 Å². The van der Waals surface area contributed by atoms with Gasteiger partial charge in [0.1, 0.15) is 5.82 Å². The van der Waals surface area contributed by atoms with Crippen LogP contribution in [0.4, 0.5) is 20.6 Å². The smallest absolute Gasteiger partial charge is 0.308 e. The van der Waals surface area contributed by atoms with Crippen LogP contribution in [0.1, 0.15) is 0 Å². The molecule has 2 aromatic rings. The molecule has 0 atom stereocenters. The molecule has 0 aliphatic heterocycles. The molecule has 0 bridgehead atoms. The van der Waals surface area contributed by atoms with Crippen LogP contribution in [0.15, 0.2) is 41.3 Å². The van der Waals surface area contributed by atoms with E-state index in [9.17, 15) is 17.6 Å². The molecule has 4 N–H and O–H groups in total. The van der Waals surface area contributed by atoms with Gasteiger partial charge < -0.3 is 10.6 Å². The number of nitrogens with two attached hydrogens (primary N) is 1. The zero-order chi connectivity index (χ0) is 17.2. The monoisotopic (exact) mass is 377 g/mol. The predicted octanol–water partition coefficient (Wildman–Crippen LogP) is 3.42. The minimum atomic E-state index is -4.02. The average molecular weight is 378 g/mol. The Kier molecular flexibility index (Phi) is 5.10. The van der Waals surface area contributed by atoms with Gasteiger partial charge in [-0.1, -0.05) is 23.2 Å². The van der Waals surface area contributed by atoms with E-state index in [1.807, 2.05) is 0 Å². The highest BCUT2D eigenvalue weighted by Gasteiger charge is 2.13. The van der Waals surface area contributed by atoms with Crippen molar-refractivity contribution in [2.75, 3.05) is 10.6 Å². The molecule has 6 nitrogen and oxygen atoms in total. The SMILES string of the molecule is NS(=O)(=O)c1ccc(NC(=O)Nc2ccc(Cl)c(Cl)c2)c(F)c1. The fraction of sp³-hybridized carbons (Fsp3) is 0. The molecule has 0 aliphatic rings. The van der Waals surface area contributed by atoms with Crippen LogP contribution in [0.2, 0.25) is 10.0 Å². The van der Waals surface area contributed by atoms with Gasteiger partial charge in [-0.2, -0.15) is 0 Å². The maximum Gasteiger partial charge on any atom is 0.323 e. The molecule has 0 aliphatic carbocycles. The van der Waals surface area contributed by atoms with Gasteiger partial charge in [-0.25, -0.2) is 22.7 Å². The summed E-state index contributed by atoms with van der Waals surface area (Å²) in [6, 6.07) is 6.55. The first-order valence-electron chi connectivity index (χ1n) is 6.02. The van der Waals surface area contributed by atoms with E-state index in [2.05, 4.69) is 10.6 Å². The summed E-state index contributed by atoms with van der Waals surface area (Å²) >= 11 is 11.6. The Hall–Kier alpha value is -1.87. The summed E-state index contributed by atoms with van der Waals surface area (Å²) in [5.41, 5.74) is 0.133. The molecule has 2 rings (SSSR count). The molecule has 0 fully saturated rings. The fourth-order valence-electron chi connectivity index (χ4n) is 1.63. The lowest BCUT2D eigenvalue weighted by molar-refractivity contribution is 0.262. The zero-order valence-corrected chi connectivity index (χ0v) is 13.6. The van der Waals surface area contributed by atoms with Gasteiger partial charge in [0, 0.05) is 5.69 Å². The van der Waals surface area contributed by atoms with Crippen LogP contribution in [0.3, 0.4) is 0 Å². The van der Waals surface area contributed by atoms with Gasteiger partial charge in [0.2, 0.25) is 10.0 Å². The van der Waals surface area contributed by atoms with Crippen LogP contribution in [-0.4, -0.2) is 14.4 Å². The molecule has 23 heavy (non-hydrogen) atoms. The minimum absolute atomic E-state index is 0.213. The topological polar surface area (TPSA) is 101 Å². The molecule has 122 valence electrons. The molecule has 2 amide bonds. The lowest BCUT2D eigenvalue weighted by Gasteiger charge is -2.10. The Bertz CT molecular complexity index is 875. The van der Waals surface area contributed by atoms with Gasteiger partial charge in [-0.15, -0.1) is 0 Å². The number of urea groups is 1. The number of halogens is 3. The second-order valence-corrected chi connectivity index (χ2v) is 6.77. The first-order valence-corrected chi connectivity index (χ1v) is 8.32. The number of amides is 2. The summed E-state index contributed by atoms with van der Waals surface area (Å²) in [5, 5.41) is 10.1. The molecule has 0 heterocycles. The first kappa shape index (κ1) is 17.5. The van der Waals surface area contributed by atoms with E-state index in [0.29, 0.717) is 16.8 Å². The van der Waals surface area contributed by atoms with Crippen LogP contribution in [-0.2, 0) is 10.0 Å². The normalized spacial score (nSPS) is 11.1. The van der Waals surface area contributed by atoms with Gasteiger partial charge in [-0.05, 0) is 36.4 Å². The number of nitrogens with one attached hydrogen (secondary N) is 2. The third-order valence-electron chi connectivity index (χ3n) is 2.69.